The third kappa shape index (κ3) is 3.76. The zero-order valence-electron chi connectivity index (χ0n) is 15.6. The molecule has 0 bridgehead atoms. The number of amides is 1. The van der Waals surface area contributed by atoms with Crippen LogP contribution in [0.15, 0.2) is 24.3 Å². The summed E-state index contributed by atoms with van der Waals surface area (Å²) in [6, 6.07) is 8.13. The van der Waals surface area contributed by atoms with E-state index in [1.807, 2.05) is 38.1 Å². The molecular formula is C20H26N2O3. The van der Waals surface area contributed by atoms with Crippen LogP contribution in [0.3, 0.4) is 0 Å². The highest BCUT2D eigenvalue weighted by Gasteiger charge is 2.26. The van der Waals surface area contributed by atoms with Gasteiger partial charge in [-0.15, -0.1) is 0 Å². The molecule has 134 valence electrons. The molecular weight excluding hydrogens is 316 g/mol. The van der Waals surface area contributed by atoms with Gasteiger partial charge < -0.3 is 15.0 Å². The van der Waals surface area contributed by atoms with Gasteiger partial charge in [0.25, 0.3) is 5.91 Å². The van der Waals surface area contributed by atoms with Crippen molar-refractivity contribution in [3.8, 4) is 11.1 Å². The van der Waals surface area contributed by atoms with Gasteiger partial charge in [0.15, 0.2) is 0 Å². The number of nitrogens with zero attached hydrogens (tertiary/aromatic N) is 1. The SMILES string of the molecule is COC(=O)CCc1c(-c2ccc(C)cc2)c(C(N)=O)c(C)n1C(C)C. The predicted molar refractivity (Wildman–Crippen MR) is 98.6 cm³/mol. The Morgan fingerprint density at radius 1 is 1.16 bits per heavy atom. The number of methoxy groups -OCH3 is 1. The number of carbonyl (C=O) groups is 2. The monoisotopic (exact) mass is 342 g/mol. The van der Waals surface area contributed by atoms with E-state index < -0.39 is 5.91 Å². The van der Waals surface area contributed by atoms with Crippen LogP contribution in [0.2, 0.25) is 0 Å². The Morgan fingerprint density at radius 3 is 2.24 bits per heavy atom. The first-order valence-corrected chi connectivity index (χ1v) is 8.45. The van der Waals surface area contributed by atoms with E-state index in [2.05, 4.69) is 18.4 Å². The van der Waals surface area contributed by atoms with Gasteiger partial charge in [0.1, 0.15) is 0 Å². The normalized spacial score (nSPS) is 11.0. The molecule has 0 fully saturated rings. The van der Waals surface area contributed by atoms with E-state index in [0.29, 0.717) is 12.0 Å². The number of primary amides is 1. The molecule has 0 unspecified atom stereocenters. The minimum Gasteiger partial charge on any atom is -0.469 e. The quantitative estimate of drug-likeness (QED) is 0.816. The van der Waals surface area contributed by atoms with Crippen molar-refractivity contribution in [1.29, 1.82) is 0 Å². The van der Waals surface area contributed by atoms with Crippen LogP contribution >= 0.6 is 0 Å². The maximum absolute atomic E-state index is 12.2. The van der Waals surface area contributed by atoms with Gasteiger partial charge in [0.05, 0.1) is 19.1 Å². The Labute approximate surface area is 148 Å². The first-order chi connectivity index (χ1) is 11.8. The van der Waals surface area contributed by atoms with E-state index in [-0.39, 0.29) is 18.4 Å². The van der Waals surface area contributed by atoms with Crippen molar-refractivity contribution in [2.24, 2.45) is 5.73 Å². The van der Waals surface area contributed by atoms with Crippen LogP contribution in [0.4, 0.5) is 0 Å². The summed E-state index contributed by atoms with van der Waals surface area (Å²) < 4.78 is 6.87. The lowest BCUT2D eigenvalue weighted by atomic mass is 9.97. The molecule has 2 rings (SSSR count). The number of aromatic nitrogens is 1. The Bertz CT molecular complexity index is 786. The van der Waals surface area contributed by atoms with Crippen LogP contribution in [0.1, 0.15) is 53.6 Å². The Morgan fingerprint density at radius 2 is 1.76 bits per heavy atom. The fourth-order valence-electron chi connectivity index (χ4n) is 3.37. The van der Waals surface area contributed by atoms with Crippen LogP contribution in [-0.4, -0.2) is 23.6 Å². The number of aryl methyl sites for hydroxylation is 1. The number of hydrogen-bond donors (Lipinski definition) is 1. The van der Waals surface area contributed by atoms with Crippen LogP contribution in [-0.2, 0) is 16.0 Å². The molecule has 1 heterocycles. The molecule has 5 nitrogen and oxygen atoms in total. The Kier molecular flexibility index (Phi) is 5.67. The lowest BCUT2D eigenvalue weighted by Gasteiger charge is -2.16. The molecule has 5 heteroatoms. The summed E-state index contributed by atoms with van der Waals surface area (Å²) in [7, 11) is 1.38. The van der Waals surface area contributed by atoms with Gasteiger partial charge in [-0.2, -0.15) is 0 Å². The maximum Gasteiger partial charge on any atom is 0.305 e. The molecule has 1 aromatic heterocycles. The number of nitrogens with two attached hydrogens (primary N) is 1. The lowest BCUT2D eigenvalue weighted by Crippen LogP contribution is -2.14. The van der Waals surface area contributed by atoms with Crippen LogP contribution in [0, 0.1) is 13.8 Å². The highest BCUT2D eigenvalue weighted by atomic mass is 16.5. The van der Waals surface area contributed by atoms with Gasteiger partial charge in [-0.3, -0.25) is 9.59 Å². The first kappa shape index (κ1) is 18.8. The second-order valence-corrected chi connectivity index (χ2v) is 6.55. The van der Waals surface area contributed by atoms with Crippen molar-refractivity contribution in [2.75, 3.05) is 7.11 Å². The molecule has 0 atom stereocenters. The van der Waals surface area contributed by atoms with Crippen LogP contribution in [0.25, 0.3) is 11.1 Å². The molecule has 0 aliphatic rings. The maximum atomic E-state index is 12.2. The van der Waals surface area contributed by atoms with Crippen molar-refractivity contribution in [1.82, 2.24) is 4.57 Å². The van der Waals surface area contributed by atoms with Crippen LogP contribution in [0.5, 0.6) is 0 Å². The van der Waals surface area contributed by atoms with E-state index in [0.717, 1.165) is 28.1 Å². The smallest absolute Gasteiger partial charge is 0.305 e. The summed E-state index contributed by atoms with van der Waals surface area (Å²) in [6.45, 7) is 8.03. The molecule has 1 aromatic carbocycles. The molecule has 0 aliphatic carbocycles. The summed E-state index contributed by atoms with van der Waals surface area (Å²) in [5.74, 6) is -0.726. The molecule has 0 spiro atoms. The van der Waals surface area contributed by atoms with Gasteiger partial charge >= 0.3 is 5.97 Å². The summed E-state index contributed by atoms with van der Waals surface area (Å²) in [6.07, 6.45) is 0.742. The van der Waals surface area contributed by atoms with Gasteiger partial charge in [-0.1, -0.05) is 29.8 Å². The van der Waals surface area contributed by atoms with E-state index in [9.17, 15) is 9.59 Å². The average molecular weight is 342 g/mol. The molecule has 2 aromatic rings. The van der Waals surface area contributed by atoms with Gasteiger partial charge in [0, 0.05) is 23.0 Å². The highest BCUT2D eigenvalue weighted by Crippen LogP contribution is 2.35. The third-order valence-corrected chi connectivity index (χ3v) is 4.45. The van der Waals surface area contributed by atoms with Crippen molar-refractivity contribution in [3.63, 3.8) is 0 Å². The lowest BCUT2D eigenvalue weighted by molar-refractivity contribution is -0.140. The highest BCUT2D eigenvalue weighted by molar-refractivity contribution is 6.02. The molecule has 2 N–H and O–H groups in total. The van der Waals surface area contributed by atoms with Gasteiger partial charge in [-0.25, -0.2) is 0 Å². The minimum absolute atomic E-state index is 0.143. The molecule has 0 saturated carbocycles. The Balaban J connectivity index is 2.71. The second-order valence-electron chi connectivity index (χ2n) is 6.55. The average Bonchev–Trinajstić information content (AvgIpc) is 2.85. The standard InChI is InChI=1S/C20H26N2O3/c1-12(2)22-14(4)18(20(21)24)19(15-8-6-13(3)7-9-15)16(22)10-11-17(23)25-5/h6-9,12H,10-11H2,1-5H3,(H2,21,24). The number of ether oxygens (including phenoxy) is 1. The molecule has 0 radical (unpaired) electrons. The summed E-state index contributed by atoms with van der Waals surface area (Å²) in [4.78, 5) is 23.8. The van der Waals surface area contributed by atoms with E-state index in [1.165, 1.54) is 7.11 Å². The zero-order valence-corrected chi connectivity index (χ0v) is 15.6. The fraction of sp³-hybridized carbons (Fsp3) is 0.400. The number of benzene rings is 1. The molecule has 1 amide bonds. The molecule has 0 saturated heterocycles. The topological polar surface area (TPSA) is 74.3 Å². The predicted octanol–water partition coefficient (Wildman–Crippen LogP) is 3.56. The van der Waals surface area contributed by atoms with Crippen molar-refractivity contribution in [3.05, 3.63) is 46.8 Å². The van der Waals surface area contributed by atoms with Crippen molar-refractivity contribution >= 4 is 11.9 Å². The number of carbonyl (C=O) groups excluding carboxylic acids is 2. The van der Waals surface area contributed by atoms with E-state index >= 15 is 0 Å². The summed E-state index contributed by atoms with van der Waals surface area (Å²) in [5.41, 5.74) is 10.9. The zero-order chi connectivity index (χ0) is 18.7. The third-order valence-electron chi connectivity index (χ3n) is 4.45. The minimum atomic E-state index is -0.452. The summed E-state index contributed by atoms with van der Waals surface area (Å²) in [5, 5.41) is 0. The molecule has 0 aliphatic heterocycles. The largest absolute Gasteiger partial charge is 0.469 e. The van der Waals surface area contributed by atoms with Gasteiger partial charge in [0.2, 0.25) is 0 Å². The Hall–Kier alpha value is -2.56. The molecule has 25 heavy (non-hydrogen) atoms. The number of hydrogen-bond acceptors (Lipinski definition) is 3. The van der Waals surface area contributed by atoms with E-state index in [4.69, 9.17) is 10.5 Å². The second kappa shape index (κ2) is 7.55. The fourth-order valence-corrected chi connectivity index (χ4v) is 3.37. The van der Waals surface area contributed by atoms with Crippen LogP contribution < -0.4 is 5.73 Å². The van der Waals surface area contributed by atoms with Crippen molar-refractivity contribution in [2.45, 2.75) is 46.6 Å². The van der Waals surface area contributed by atoms with E-state index in [1.54, 1.807) is 0 Å². The number of rotatable bonds is 6. The van der Waals surface area contributed by atoms with Crippen molar-refractivity contribution < 1.29 is 14.3 Å². The first-order valence-electron chi connectivity index (χ1n) is 8.45. The van der Waals surface area contributed by atoms with Gasteiger partial charge in [-0.05, 0) is 39.7 Å². The summed E-state index contributed by atoms with van der Waals surface area (Å²) >= 11 is 0. The number of esters is 1.